The molecule has 1 aliphatic heterocycles. The van der Waals surface area contributed by atoms with E-state index in [0.717, 1.165) is 41.0 Å². The van der Waals surface area contributed by atoms with Gasteiger partial charge in [-0.1, -0.05) is 30.2 Å². The standard InChI is InChI=1S/C27H25ClFN3OS/c1-17-23(8-6-20-13-18(15-30-26(17)20)16-32-11-3-2-4-12-32)31-27(33)21-7-5-19(14-22(21)29)24-9-10-25(28)34-24/h5-10,13-15H,2-4,11-12,16H2,1H3,(H,31,33). The number of pyridine rings is 1. The fourth-order valence-corrected chi connectivity index (χ4v) is 5.54. The van der Waals surface area contributed by atoms with Crippen molar-refractivity contribution >= 4 is 45.4 Å². The number of hydrogen-bond donors (Lipinski definition) is 1. The molecule has 0 aliphatic carbocycles. The third-order valence-corrected chi connectivity index (χ3v) is 7.62. The molecular weight excluding hydrogens is 469 g/mol. The number of fused-ring (bicyclic) bond motifs is 1. The molecule has 4 aromatic rings. The van der Waals surface area contributed by atoms with Crippen molar-refractivity contribution in [3.63, 3.8) is 0 Å². The van der Waals surface area contributed by atoms with Gasteiger partial charge in [-0.25, -0.2) is 4.39 Å². The van der Waals surface area contributed by atoms with Crippen LogP contribution in [0.25, 0.3) is 21.3 Å². The Kier molecular flexibility index (Phi) is 6.63. The molecule has 0 bridgehead atoms. The van der Waals surface area contributed by atoms with E-state index >= 15 is 0 Å². The average Bonchev–Trinajstić information content (AvgIpc) is 3.28. The average molecular weight is 494 g/mol. The molecule has 4 nitrogen and oxygen atoms in total. The summed E-state index contributed by atoms with van der Waals surface area (Å²) in [7, 11) is 0. The van der Waals surface area contributed by atoms with E-state index in [1.54, 1.807) is 12.1 Å². The van der Waals surface area contributed by atoms with Crippen LogP contribution in [0, 0.1) is 12.7 Å². The number of aromatic nitrogens is 1. The number of piperidine rings is 1. The van der Waals surface area contributed by atoms with Crippen molar-refractivity contribution in [3.05, 3.63) is 81.6 Å². The van der Waals surface area contributed by atoms with Gasteiger partial charge < -0.3 is 5.32 Å². The molecule has 34 heavy (non-hydrogen) atoms. The van der Waals surface area contributed by atoms with Crippen molar-refractivity contribution in [1.82, 2.24) is 9.88 Å². The molecule has 7 heteroatoms. The first-order valence-electron chi connectivity index (χ1n) is 11.4. The summed E-state index contributed by atoms with van der Waals surface area (Å²) in [4.78, 5) is 20.9. The van der Waals surface area contributed by atoms with Crippen LogP contribution in [0.15, 0.2) is 54.7 Å². The van der Waals surface area contributed by atoms with E-state index in [-0.39, 0.29) is 5.56 Å². The molecule has 0 atom stereocenters. The van der Waals surface area contributed by atoms with Crippen LogP contribution < -0.4 is 5.32 Å². The Bertz CT molecular complexity index is 1360. The molecule has 1 aliphatic rings. The van der Waals surface area contributed by atoms with Gasteiger partial charge in [-0.3, -0.25) is 14.7 Å². The van der Waals surface area contributed by atoms with Gasteiger partial charge in [0.05, 0.1) is 15.4 Å². The third kappa shape index (κ3) is 4.85. The lowest BCUT2D eigenvalue weighted by atomic mass is 10.1. The van der Waals surface area contributed by atoms with Gasteiger partial charge in [0.1, 0.15) is 5.82 Å². The number of anilines is 1. The van der Waals surface area contributed by atoms with Crippen LogP contribution in [-0.2, 0) is 6.54 Å². The van der Waals surface area contributed by atoms with Crippen LogP contribution in [0.2, 0.25) is 4.34 Å². The summed E-state index contributed by atoms with van der Waals surface area (Å²) in [5.74, 6) is -1.06. The number of carbonyl (C=O) groups is 1. The normalized spacial score (nSPS) is 14.4. The number of nitrogens with one attached hydrogen (secondary N) is 1. The maximum absolute atomic E-state index is 14.8. The highest BCUT2D eigenvalue weighted by Gasteiger charge is 2.16. The van der Waals surface area contributed by atoms with Gasteiger partial charge in [0.25, 0.3) is 5.91 Å². The van der Waals surface area contributed by atoms with Crippen molar-refractivity contribution < 1.29 is 9.18 Å². The monoisotopic (exact) mass is 493 g/mol. The van der Waals surface area contributed by atoms with E-state index in [0.29, 0.717) is 15.6 Å². The number of amides is 1. The smallest absolute Gasteiger partial charge is 0.258 e. The summed E-state index contributed by atoms with van der Waals surface area (Å²) in [6, 6.07) is 14.2. The molecule has 0 saturated carbocycles. The number of halogens is 2. The quantitative estimate of drug-likeness (QED) is 0.317. The zero-order valence-corrected chi connectivity index (χ0v) is 20.5. The molecule has 1 N–H and O–H groups in total. The number of carbonyl (C=O) groups excluding carboxylic acids is 1. The first kappa shape index (κ1) is 23.0. The zero-order valence-electron chi connectivity index (χ0n) is 18.9. The Balaban J connectivity index is 1.34. The Morgan fingerprint density at radius 2 is 1.94 bits per heavy atom. The number of aryl methyl sites for hydroxylation is 1. The van der Waals surface area contributed by atoms with Crippen LogP contribution in [0.3, 0.4) is 0 Å². The number of hydrogen-bond acceptors (Lipinski definition) is 4. The highest BCUT2D eigenvalue weighted by molar-refractivity contribution is 7.19. The largest absolute Gasteiger partial charge is 0.322 e. The summed E-state index contributed by atoms with van der Waals surface area (Å²) in [6.07, 6.45) is 5.76. The molecule has 2 aromatic carbocycles. The summed E-state index contributed by atoms with van der Waals surface area (Å²) >= 11 is 7.35. The third-order valence-electron chi connectivity index (χ3n) is 6.34. The van der Waals surface area contributed by atoms with Gasteiger partial charge in [0.2, 0.25) is 0 Å². The number of likely N-dealkylation sites (tertiary alicyclic amines) is 1. The van der Waals surface area contributed by atoms with Crippen molar-refractivity contribution in [2.45, 2.75) is 32.7 Å². The first-order chi connectivity index (χ1) is 16.5. The second kappa shape index (κ2) is 9.82. The predicted molar refractivity (Wildman–Crippen MR) is 138 cm³/mol. The van der Waals surface area contributed by atoms with Gasteiger partial charge in [-0.15, -0.1) is 11.3 Å². The summed E-state index contributed by atoms with van der Waals surface area (Å²) in [6.45, 7) is 5.12. The topological polar surface area (TPSA) is 45.2 Å². The fraction of sp³-hybridized carbons (Fsp3) is 0.259. The van der Waals surface area contributed by atoms with Crippen LogP contribution in [-0.4, -0.2) is 28.9 Å². The van der Waals surface area contributed by atoms with Gasteiger partial charge >= 0.3 is 0 Å². The maximum atomic E-state index is 14.8. The molecular formula is C27H25ClFN3OS. The minimum Gasteiger partial charge on any atom is -0.322 e. The van der Waals surface area contributed by atoms with E-state index in [4.69, 9.17) is 11.6 Å². The summed E-state index contributed by atoms with van der Waals surface area (Å²) < 4.78 is 15.4. The Labute approximate surface area is 207 Å². The molecule has 1 saturated heterocycles. The van der Waals surface area contributed by atoms with Crippen molar-refractivity contribution in [2.24, 2.45) is 0 Å². The summed E-state index contributed by atoms with van der Waals surface area (Å²) in [5, 5.41) is 3.89. The number of benzene rings is 2. The molecule has 2 aromatic heterocycles. The number of nitrogens with zero attached hydrogens (tertiary/aromatic N) is 2. The van der Waals surface area contributed by atoms with Gasteiger partial charge in [0, 0.05) is 28.7 Å². The summed E-state index contributed by atoms with van der Waals surface area (Å²) in [5.41, 5.74) is 4.21. The van der Waals surface area contributed by atoms with Crippen LogP contribution in [0.1, 0.15) is 40.7 Å². The predicted octanol–water partition coefficient (Wildman–Crippen LogP) is 7.30. The minimum atomic E-state index is -0.571. The molecule has 1 amide bonds. The van der Waals surface area contributed by atoms with E-state index < -0.39 is 11.7 Å². The zero-order chi connectivity index (χ0) is 23.7. The highest BCUT2D eigenvalue weighted by Crippen LogP contribution is 2.32. The lowest BCUT2D eigenvalue weighted by molar-refractivity contribution is 0.102. The maximum Gasteiger partial charge on any atom is 0.258 e. The van der Waals surface area contributed by atoms with Gasteiger partial charge in [-0.05, 0) is 85.9 Å². The number of thiophene rings is 1. The van der Waals surface area contributed by atoms with E-state index in [9.17, 15) is 9.18 Å². The second-order valence-electron chi connectivity index (χ2n) is 8.74. The van der Waals surface area contributed by atoms with Crippen LogP contribution in [0.4, 0.5) is 10.1 Å². The minimum absolute atomic E-state index is 0.00395. The highest BCUT2D eigenvalue weighted by atomic mass is 35.5. The van der Waals surface area contributed by atoms with E-state index in [1.165, 1.54) is 48.3 Å². The fourth-order valence-electron chi connectivity index (χ4n) is 4.50. The van der Waals surface area contributed by atoms with Crippen LogP contribution >= 0.6 is 22.9 Å². The molecule has 3 heterocycles. The molecule has 1 fully saturated rings. The molecule has 0 radical (unpaired) electrons. The Morgan fingerprint density at radius 3 is 2.68 bits per heavy atom. The number of rotatable bonds is 5. The van der Waals surface area contributed by atoms with E-state index in [1.807, 2.05) is 31.3 Å². The lowest BCUT2D eigenvalue weighted by Crippen LogP contribution is -2.29. The Morgan fingerprint density at radius 1 is 1.12 bits per heavy atom. The molecule has 174 valence electrons. The van der Waals surface area contributed by atoms with E-state index in [2.05, 4.69) is 21.3 Å². The lowest BCUT2D eigenvalue weighted by Gasteiger charge is -2.26. The van der Waals surface area contributed by atoms with Gasteiger partial charge in [0.15, 0.2) is 0 Å². The SMILES string of the molecule is Cc1c(NC(=O)c2ccc(-c3ccc(Cl)s3)cc2F)ccc2cc(CN3CCCCC3)cnc12. The van der Waals surface area contributed by atoms with Gasteiger partial charge in [-0.2, -0.15) is 0 Å². The van der Waals surface area contributed by atoms with Crippen molar-refractivity contribution in [2.75, 3.05) is 18.4 Å². The molecule has 5 rings (SSSR count). The Hall–Kier alpha value is -2.80. The molecule has 0 spiro atoms. The van der Waals surface area contributed by atoms with Crippen molar-refractivity contribution in [3.8, 4) is 10.4 Å². The van der Waals surface area contributed by atoms with Crippen LogP contribution in [0.5, 0.6) is 0 Å². The molecule has 0 unspecified atom stereocenters. The first-order valence-corrected chi connectivity index (χ1v) is 12.6. The second-order valence-corrected chi connectivity index (χ2v) is 10.5. The van der Waals surface area contributed by atoms with Crippen molar-refractivity contribution in [1.29, 1.82) is 0 Å².